The lowest BCUT2D eigenvalue weighted by molar-refractivity contribution is 0.500. The molecule has 98 valence electrons. The molecule has 0 fully saturated rings. The van der Waals surface area contributed by atoms with Crippen molar-refractivity contribution in [1.82, 2.24) is 9.55 Å². The molecule has 1 aromatic heterocycles. The molecule has 2 rings (SSSR count). The molecular formula is C13H15Cl2FN2. The van der Waals surface area contributed by atoms with E-state index in [1.54, 1.807) is 6.07 Å². The number of alkyl halides is 1. The maximum atomic E-state index is 13.4. The Labute approximate surface area is 116 Å². The summed E-state index contributed by atoms with van der Waals surface area (Å²) in [7, 11) is 0. The van der Waals surface area contributed by atoms with Crippen LogP contribution >= 0.6 is 23.2 Å². The Morgan fingerprint density at radius 2 is 2.17 bits per heavy atom. The van der Waals surface area contributed by atoms with Crippen molar-refractivity contribution in [3.8, 4) is 0 Å². The molecule has 0 aliphatic carbocycles. The number of fused-ring (bicyclic) bond motifs is 1. The summed E-state index contributed by atoms with van der Waals surface area (Å²) in [5, 5.41) is 0.119. The molecule has 2 nitrogen and oxygen atoms in total. The zero-order chi connectivity index (χ0) is 13.3. The molecule has 5 heteroatoms. The highest BCUT2D eigenvalue weighted by Gasteiger charge is 2.16. The van der Waals surface area contributed by atoms with Gasteiger partial charge in [0.05, 0.1) is 21.9 Å². The van der Waals surface area contributed by atoms with Gasteiger partial charge in [0, 0.05) is 12.1 Å². The van der Waals surface area contributed by atoms with Gasteiger partial charge in [0.2, 0.25) is 0 Å². The molecule has 1 heterocycles. The lowest BCUT2D eigenvalue weighted by Crippen LogP contribution is -2.08. The van der Waals surface area contributed by atoms with Crippen LogP contribution in [0.15, 0.2) is 12.1 Å². The molecule has 0 spiro atoms. The fraction of sp³-hybridized carbons (Fsp3) is 0.462. The molecule has 0 N–H and O–H groups in total. The third-order valence-electron chi connectivity index (χ3n) is 3.07. The first-order valence-electron chi connectivity index (χ1n) is 6.00. The van der Waals surface area contributed by atoms with Gasteiger partial charge in [-0.2, -0.15) is 0 Å². The van der Waals surface area contributed by atoms with Crippen LogP contribution in [0.25, 0.3) is 11.0 Å². The van der Waals surface area contributed by atoms with E-state index in [1.165, 1.54) is 6.07 Å². The monoisotopic (exact) mass is 288 g/mol. The predicted molar refractivity (Wildman–Crippen MR) is 73.9 cm³/mol. The van der Waals surface area contributed by atoms with Crippen LogP contribution in [0.2, 0.25) is 5.02 Å². The first-order chi connectivity index (χ1) is 8.58. The molecule has 1 atom stereocenters. The molecule has 0 radical (unpaired) electrons. The lowest BCUT2D eigenvalue weighted by atomic mass is 10.2. The summed E-state index contributed by atoms with van der Waals surface area (Å²) < 4.78 is 15.5. The molecule has 0 saturated carbocycles. The van der Waals surface area contributed by atoms with Gasteiger partial charge in [0.25, 0.3) is 0 Å². The van der Waals surface area contributed by atoms with Crippen LogP contribution in [0.4, 0.5) is 4.39 Å². The number of rotatable bonds is 4. The van der Waals surface area contributed by atoms with E-state index in [1.807, 2.05) is 0 Å². The second-order valence-corrected chi connectivity index (χ2v) is 5.10. The summed E-state index contributed by atoms with van der Waals surface area (Å²) in [6.07, 6.45) is 2.09. The van der Waals surface area contributed by atoms with E-state index in [2.05, 4.69) is 23.4 Å². The van der Waals surface area contributed by atoms with Crippen molar-refractivity contribution in [1.29, 1.82) is 0 Å². The van der Waals surface area contributed by atoms with Gasteiger partial charge < -0.3 is 4.57 Å². The maximum Gasteiger partial charge on any atom is 0.144 e. The first kappa shape index (κ1) is 13.6. The van der Waals surface area contributed by atoms with Crippen LogP contribution in [0.1, 0.15) is 38.6 Å². The molecule has 0 amide bonds. The SMILES string of the molecule is CCCC(C)n1c(CCl)nc2cc(F)c(Cl)cc21. The Hall–Kier alpha value is -0.800. The number of hydrogen-bond acceptors (Lipinski definition) is 1. The van der Waals surface area contributed by atoms with Gasteiger partial charge in [-0.25, -0.2) is 9.37 Å². The molecular weight excluding hydrogens is 274 g/mol. The minimum absolute atomic E-state index is 0.119. The van der Waals surface area contributed by atoms with Gasteiger partial charge in [0.1, 0.15) is 11.6 Å². The van der Waals surface area contributed by atoms with E-state index in [0.717, 1.165) is 24.2 Å². The fourth-order valence-corrected chi connectivity index (χ4v) is 2.62. The maximum absolute atomic E-state index is 13.4. The van der Waals surface area contributed by atoms with E-state index in [0.29, 0.717) is 11.4 Å². The molecule has 0 aliphatic heterocycles. The molecule has 1 unspecified atom stereocenters. The number of imidazole rings is 1. The molecule has 0 aliphatic rings. The second-order valence-electron chi connectivity index (χ2n) is 4.42. The Morgan fingerprint density at radius 1 is 1.44 bits per heavy atom. The third-order valence-corrected chi connectivity index (χ3v) is 3.60. The van der Waals surface area contributed by atoms with Gasteiger partial charge in [-0.05, 0) is 19.4 Å². The summed E-state index contributed by atoms with van der Waals surface area (Å²) in [5.41, 5.74) is 1.45. The highest BCUT2D eigenvalue weighted by Crippen LogP contribution is 2.28. The Morgan fingerprint density at radius 3 is 2.78 bits per heavy atom. The average molecular weight is 289 g/mol. The summed E-state index contributed by atoms with van der Waals surface area (Å²) in [6, 6.07) is 3.26. The van der Waals surface area contributed by atoms with Crippen molar-refractivity contribution < 1.29 is 4.39 Å². The van der Waals surface area contributed by atoms with Crippen molar-refractivity contribution in [2.75, 3.05) is 0 Å². The highest BCUT2D eigenvalue weighted by atomic mass is 35.5. The van der Waals surface area contributed by atoms with E-state index in [-0.39, 0.29) is 11.1 Å². The van der Waals surface area contributed by atoms with Crippen molar-refractivity contribution in [3.05, 3.63) is 28.8 Å². The van der Waals surface area contributed by atoms with E-state index in [4.69, 9.17) is 23.2 Å². The first-order valence-corrected chi connectivity index (χ1v) is 6.91. The van der Waals surface area contributed by atoms with Crippen molar-refractivity contribution in [2.45, 2.75) is 38.6 Å². The largest absolute Gasteiger partial charge is 0.324 e. The standard InChI is InChI=1S/C13H15Cl2FN2/c1-3-4-8(2)18-12-5-9(15)10(16)6-11(12)17-13(18)7-14/h5-6,8H,3-4,7H2,1-2H3. The van der Waals surface area contributed by atoms with Crippen LogP contribution in [0.5, 0.6) is 0 Å². The second kappa shape index (κ2) is 5.45. The van der Waals surface area contributed by atoms with Crippen LogP contribution in [0.3, 0.4) is 0 Å². The van der Waals surface area contributed by atoms with Crippen LogP contribution in [0, 0.1) is 5.82 Å². The van der Waals surface area contributed by atoms with Crippen LogP contribution in [-0.4, -0.2) is 9.55 Å². The lowest BCUT2D eigenvalue weighted by Gasteiger charge is -2.16. The van der Waals surface area contributed by atoms with Gasteiger partial charge >= 0.3 is 0 Å². The highest BCUT2D eigenvalue weighted by molar-refractivity contribution is 6.31. The summed E-state index contributed by atoms with van der Waals surface area (Å²) in [5.74, 6) is 0.620. The molecule has 0 saturated heterocycles. The van der Waals surface area contributed by atoms with E-state index < -0.39 is 5.82 Å². The zero-order valence-electron chi connectivity index (χ0n) is 10.4. The fourth-order valence-electron chi connectivity index (χ4n) is 2.27. The minimum Gasteiger partial charge on any atom is -0.324 e. The number of hydrogen-bond donors (Lipinski definition) is 0. The summed E-state index contributed by atoms with van der Waals surface area (Å²) >= 11 is 11.8. The van der Waals surface area contributed by atoms with E-state index >= 15 is 0 Å². The zero-order valence-corrected chi connectivity index (χ0v) is 11.9. The number of aromatic nitrogens is 2. The normalized spacial score (nSPS) is 13.2. The number of halogens is 3. The van der Waals surface area contributed by atoms with Crippen LogP contribution < -0.4 is 0 Å². The smallest absolute Gasteiger partial charge is 0.144 e. The van der Waals surface area contributed by atoms with Gasteiger partial charge in [-0.15, -0.1) is 11.6 Å². The number of benzene rings is 1. The van der Waals surface area contributed by atoms with Crippen molar-refractivity contribution in [3.63, 3.8) is 0 Å². The van der Waals surface area contributed by atoms with Gasteiger partial charge in [-0.1, -0.05) is 24.9 Å². The topological polar surface area (TPSA) is 17.8 Å². The molecule has 2 aromatic rings. The van der Waals surface area contributed by atoms with Crippen molar-refractivity contribution in [2.24, 2.45) is 0 Å². The van der Waals surface area contributed by atoms with Gasteiger partial charge in [-0.3, -0.25) is 0 Å². The molecule has 18 heavy (non-hydrogen) atoms. The Balaban J connectivity index is 2.64. The third kappa shape index (κ3) is 2.34. The quantitative estimate of drug-likeness (QED) is 0.730. The van der Waals surface area contributed by atoms with Crippen LogP contribution in [-0.2, 0) is 5.88 Å². The summed E-state index contributed by atoms with van der Waals surface area (Å²) in [6.45, 7) is 4.24. The van der Waals surface area contributed by atoms with Gasteiger partial charge in [0.15, 0.2) is 0 Å². The van der Waals surface area contributed by atoms with E-state index in [9.17, 15) is 4.39 Å². The Kier molecular flexibility index (Phi) is 4.13. The Bertz CT molecular complexity index is 566. The van der Waals surface area contributed by atoms with Crippen molar-refractivity contribution >= 4 is 34.2 Å². The number of nitrogens with zero attached hydrogens (tertiary/aromatic N) is 2. The average Bonchev–Trinajstić information content (AvgIpc) is 2.68. The predicted octanol–water partition coefficient (Wildman–Crippen LogP) is 4.93. The minimum atomic E-state index is -0.446. The molecule has 1 aromatic carbocycles. The molecule has 0 bridgehead atoms. The summed E-state index contributed by atoms with van der Waals surface area (Å²) in [4.78, 5) is 4.37.